The van der Waals surface area contributed by atoms with Crippen LogP contribution in [0.15, 0.2) is 23.7 Å². The van der Waals surface area contributed by atoms with E-state index in [1.54, 1.807) is 6.21 Å². The zero-order valence-electron chi connectivity index (χ0n) is 17.8. The van der Waals surface area contributed by atoms with Crippen molar-refractivity contribution in [1.29, 1.82) is 5.41 Å². The second-order valence-corrected chi connectivity index (χ2v) is 7.22. The quantitative estimate of drug-likeness (QED) is 0.266. The fraction of sp³-hybridized carbons (Fsp3) is 0.368. The average Bonchev–Trinajstić information content (AvgIpc) is 3.40. The molecule has 1 saturated heterocycles. The number of fused-ring (bicyclic) bond motifs is 1. The van der Waals surface area contributed by atoms with Gasteiger partial charge in [0.05, 0.1) is 18.2 Å². The zero-order chi connectivity index (χ0) is 23.6. The molecule has 3 aromatic rings. The molecule has 0 radical (unpaired) electrons. The van der Waals surface area contributed by atoms with Crippen LogP contribution in [-0.4, -0.2) is 71.3 Å². The largest absolute Gasteiger partial charge is 0.387 e. The van der Waals surface area contributed by atoms with E-state index in [-0.39, 0.29) is 17.4 Å². The van der Waals surface area contributed by atoms with Crippen LogP contribution in [0, 0.1) is 12.3 Å². The molecule has 0 aliphatic carbocycles. The molecule has 6 N–H and O–H groups in total. The van der Waals surface area contributed by atoms with Gasteiger partial charge in [0.25, 0.3) is 0 Å². The van der Waals surface area contributed by atoms with Crippen LogP contribution >= 0.6 is 0 Å². The number of nitrogen functional groups attached to an aromatic ring is 1. The van der Waals surface area contributed by atoms with Crippen molar-refractivity contribution in [2.75, 3.05) is 11.2 Å². The summed E-state index contributed by atoms with van der Waals surface area (Å²) in [5.41, 5.74) is 11.2. The van der Waals surface area contributed by atoms with Gasteiger partial charge < -0.3 is 30.7 Å². The van der Waals surface area contributed by atoms with E-state index in [1.165, 1.54) is 17.8 Å². The highest BCUT2D eigenvalue weighted by Crippen LogP contribution is 2.32. The minimum Gasteiger partial charge on any atom is -0.387 e. The van der Waals surface area contributed by atoms with Crippen LogP contribution in [0.5, 0.6) is 0 Å². The van der Waals surface area contributed by atoms with E-state index in [0.717, 1.165) is 11.3 Å². The first-order chi connectivity index (χ1) is 15.3. The third-order valence-corrected chi connectivity index (χ3v) is 4.90. The van der Waals surface area contributed by atoms with Crippen molar-refractivity contribution in [1.82, 2.24) is 24.1 Å². The summed E-state index contributed by atoms with van der Waals surface area (Å²) in [5, 5.41) is 30.1. The molecule has 1 aliphatic rings. The number of nitrogens with zero attached hydrogens (tertiary/aromatic N) is 6. The molecule has 0 amide bonds. The van der Waals surface area contributed by atoms with Crippen molar-refractivity contribution in [3.05, 3.63) is 29.8 Å². The smallest absolute Gasteiger partial charge is 0.247 e. The molecule has 0 saturated carbocycles. The molecular formula is C19H25N9O4. The van der Waals surface area contributed by atoms with Gasteiger partial charge in [0.15, 0.2) is 23.5 Å². The standard InChI is InChI=1S/C18H22N8O4.CH3N/c1-8-4-10(25(3)6-8)5-21-24-18-22-15(19)11-16(23-18)26(7-20-11)17-13(29)12(28)14(30-17)9(2)27;1-2/h4-7,12-14,17,28-29H,1-3H3,(H3,19,22,23,24);2H,1H2/b21-5-;/t12-,13+,14+,17+;/m0./s1. The van der Waals surface area contributed by atoms with Crippen molar-refractivity contribution in [2.45, 2.75) is 38.4 Å². The Balaban J connectivity index is 0.00000141. The summed E-state index contributed by atoms with van der Waals surface area (Å²) in [6.07, 6.45) is 0.0384. The van der Waals surface area contributed by atoms with Crippen LogP contribution in [0.4, 0.5) is 11.8 Å². The van der Waals surface area contributed by atoms with Gasteiger partial charge in [0.1, 0.15) is 23.8 Å². The summed E-state index contributed by atoms with van der Waals surface area (Å²) >= 11 is 0. The highest BCUT2D eigenvalue weighted by Gasteiger charge is 2.46. The second kappa shape index (κ2) is 9.21. The van der Waals surface area contributed by atoms with Crippen molar-refractivity contribution < 1.29 is 19.7 Å². The monoisotopic (exact) mass is 443 g/mol. The first kappa shape index (κ1) is 23.0. The number of ketones is 1. The molecule has 1 aliphatic heterocycles. The number of aliphatic hydroxyl groups excluding tert-OH is 2. The van der Waals surface area contributed by atoms with E-state index in [4.69, 9.17) is 15.9 Å². The topological polar surface area (TPSA) is 190 Å². The number of rotatable bonds is 5. The summed E-state index contributed by atoms with van der Waals surface area (Å²) in [5.74, 6) is -0.183. The number of ether oxygens (including phenoxy) is 1. The normalized spacial score (nSPS) is 22.8. The molecule has 0 spiro atoms. The molecule has 0 bridgehead atoms. The predicted octanol–water partition coefficient (Wildman–Crippen LogP) is -0.0246. The molecule has 13 heteroatoms. The fourth-order valence-electron chi connectivity index (χ4n) is 3.44. The molecule has 4 heterocycles. The number of carbonyl (C=O) groups is 1. The van der Waals surface area contributed by atoms with Crippen molar-refractivity contribution in [2.24, 2.45) is 12.1 Å². The van der Waals surface area contributed by atoms with Gasteiger partial charge in [0, 0.05) is 13.2 Å². The van der Waals surface area contributed by atoms with Crippen LogP contribution in [0.3, 0.4) is 0 Å². The average molecular weight is 443 g/mol. The lowest BCUT2D eigenvalue weighted by atomic mass is 10.1. The first-order valence-electron chi connectivity index (χ1n) is 9.55. The second-order valence-electron chi connectivity index (χ2n) is 7.22. The Morgan fingerprint density at radius 2 is 2.09 bits per heavy atom. The van der Waals surface area contributed by atoms with E-state index in [2.05, 4.69) is 32.2 Å². The number of aliphatic hydroxyl groups is 2. The lowest BCUT2D eigenvalue weighted by Gasteiger charge is -2.16. The number of hydrogen-bond donors (Lipinski definition) is 5. The maximum atomic E-state index is 11.7. The molecule has 13 nitrogen and oxygen atoms in total. The Morgan fingerprint density at radius 1 is 1.38 bits per heavy atom. The number of Topliss-reactive ketones (excluding diaryl/α,β-unsaturated/α-hetero) is 1. The zero-order valence-corrected chi connectivity index (χ0v) is 17.8. The van der Waals surface area contributed by atoms with Crippen molar-refractivity contribution in [3.8, 4) is 0 Å². The predicted molar refractivity (Wildman–Crippen MR) is 118 cm³/mol. The maximum absolute atomic E-state index is 11.7. The van der Waals surface area contributed by atoms with E-state index in [1.807, 2.05) is 30.8 Å². The number of nitrogens with one attached hydrogen (secondary N) is 2. The lowest BCUT2D eigenvalue weighted by Crippen LogP contribution is -2.34. The third kappa shape index (κ3) is 4.21. The molecule has 3 aromatic heterocycles. The highest BCUT2D eigenvalue weighted by atomic mass is 16.6. The Bertz CT molecular complexity index is 1160. The lowest BCUT2D eigenvalue weighted by molar-refractivity contribution is -0.133. The SMILES string of the molecule is C=N.CC(=O)[C@H]1O[C@@H](n2cnc3c(N)nc(N/N=C\c4cc(C)cn4C)nc32)[C@H](O)[C@@H]1O. The van der Waals surface area contributed by atoms with Gasteiger partial charge >= 0.3 is 0 Å². The molecule has 32 heavy (non-hydrogen) atoms. The number of hydrazone groups is 1. The van der Waals surface area contributed by atoms with E-state index >= 15 is 0 Å². The third-order valence-electron chi connectivity index (χ3n) is 4.90. The number of hydrogen-bond acceptors (Lipinski definition) is 11. The van der Waals surface area contributed by atoms with Crippen molar-refractivity contribution in [3.63, 3.8) is 0 Å². The van der Waals surface area contributed by atoms with Gasteiger partial charge in [-0.05, 0) is 32.2 Å². The number of anilines is 2. The summed E-state index contributed by atoms with van der Waals surface area (Å²) in [6, 6.07) is 1.97. The Labute approximate surface area is 183 Å². The van der Waals surface area contributed by atoms with Gasteiger partial charge in [-0.2, -0.15) is 15.1 Å². The van der Waals surface area contributed by atoms with Crippen LogP contribution < -0.4 is 11.2 Å². The Hall–Kier alpha value is -3.68. The van der Waals surface area contributed by atoms with E-state index < -0.39 is 30.3 Å². The van der Waals surface area contributed by atoms with Gasteiger partial charge in [-0.15, -0.1) is 0 Å². The summed E-state index contributed by atoms with van der Waals surface area (Å²) in [4.78, 5) is 24.3. The Kier molecular flexibility index (Phi) is 6.62. The number of carbonyl (C=O) groups excluding carboxylic acids is 1. The minimum absolute atomic E-state index is 0.0994. The van der Waals surface area contributed by atoms with E-state index in [0.29, 0.717) is 5.52 Å². The first-order valence-corrected chi connectivity index (χ1v) is 9.55. The maximum Gasteiger partial charge on any atom is 0.247 e. The van der Waals surface area contributed by atoms with Crippen molar-refractivity contribution >= 4 is 41.6 Å². The fourth-order valence-corrected chi connectivity index (χ4v) is 3.44. The molecule has 1 fully saturated rings. The van der Waals surface area contributed by atoms with Crippen LogP contribution in [0.2, 0.25) is 0 Å². The number of imidazole rings is 1. The number of aromatic nitrogens is 5. The van der Waals surface area contributed by atoms with Crippen LogP contribution in [0.25, 0.3) is 11.2 Å². The molecule has 170 valence electrons. The number of aryl methyl sites for hydroxylation is 2. The summed E-state index contributed by atoms with van der Waals surface area (Å²) in [7, 11) is 1.91. The van der Waals surface area contributed by atoms with Gasteiger partial charge in [-0.1, -0.05) is 0 Å². The molecule has 4 atom stereocenters. The summed E-state index contributed by atoms with van der Waals surface area (Å²) < 4.78 is 8.88. The van der Waals surface area contributed by atoms with Gasteiger partial charge in [-0.25, -0.2) is 10.4 Å². The van der Waals surface area contributed by atoms with Crippen LogP contribution in [0.1, 0.15) is 24.4 Å². The molecule has 0 aromatic carbocycles. The van der Waals surface area contributed by atoms with E-state index in [9.17, 15) is 15.0 Å². The van der Waals surface area contributed by atoms with Gasteiger partial charge in [0.2, 0.25) is 5.95 Å². The van der Waals surface area contributed by atoms with Crippen LogP contribution in [-0.2, 0) is 16.6 Å². The highest BCUT2D eigenvalue weighted by molar-refractivity contribution is 5.84. The molecule has 0 unspecified atom stereocenters. The Morgan fingerprint density at radius 3 is 2.69 bits per heavy atom. The molecular weight excluding hydrogens is 418 g/mol. The van der Waals surface area contributed by atoms with Gasteiger partial charge in [-0.3, -0.25) is 9.36 Å². The molecule has 4 rings (SSSR count). The number of nitrogens with two attached hydrogens (primary N) is 1. The summed E-state index contributed by atoms with van der Waals surface area (Å²) in [6.45, 7) is 5.76. The minimum atomic E-state index is -1.36.